The molecule has 1 aliphatic rings. The highest BCUT2D eigenvalue weighted by molar-refractivity contribution is 5.79. The third-order valence-electron chi connectivity index (χ3n) is 5.04. The van der Waals surface area contributed by atoms with Gasteiger partial charge in [-0.3, -0.25) is 4.57 Å². The first-order valence-corrected chi connectivity index (χ1v) is 9.79. The lowest BCUT2D eigenvalue weighted by Crippen LogP contribution is -2.27. The number of nitrogens with zero attached hydrogens (tertiary/aromatic N) is 2. The van der Waals surface area contributed by atoms with Crippen LogP contribution < -0.4 is 10.4 Å². The Balaban J connectivity index is 1.58. The van der Waals surface area contributed by atoms with Crippen LogP contribution in [-0.2, 0) is 4.74 Å². The van der Waals surface area contributed by atoms with Crippen molar-refractivity contribution in [3.8, 4) is 17.1 Å². The molecule has 0 amide bonds. The zero-order valence-electron chi connectivity index (χ0n) is 16.2. The summed E-state index contributed by atoms with van der Waals surface area (Å²) in [4.78, 5) is 16.4. The second-order valence-electron chi connectivity index (χ2n) is 7.14. The van der Waals surface area contributed by atoms with Gasteiger partial charge in [-0.15, -0.1) is 0 Å². The van der Waals surface area contributed by atoms with Crippen LogP contribution in [0.1, 0.15) is 32.4 Å². The number of aliphatic hydroxyl groups is 2. The van der Waals surface area contributed by atoms with E-state index < -0.39 is 24.1 Å². The summed E-state index contributed by atoms with van der Waals surface area (Å²) in [6.07, 6.45) is 1.70. The average Bonchev–Trinajstić information content (AvgIpc) is 3.30. The molecule has 4 rings (SSSR count). The molecular formula is C21H24N2O6. The van der Waals surface area contributed by atoms with E-state index in [0.717, 1.165) is 24.2 Å². The first-order chi connectivity index (χ1) is 14.1. The lowest BCUT2D eigenvalue weighted by Gasteiger charge is -2.13. The van der Waals surface area contributed by atoms with Gasteiger partial charge in [0.1, 0.15) is 23.8 Å². The highest BCUT2D eigenvalue weighted by Gasteiger charge is 2.35. The van der Waals surface area contributed by atoms with Gasteiger partial charge in [0.25, 0.3) is 0 Å². The molecule has 29 heavy (non-hydrogen) atoms. The minimum absolute atomic E-state index is 0.211. The summed E-state index contributed by atoms with van der Waals surface area (Å²) in [7, 11) is 0. The van der Waals surface area contributed by atoms with Gasteiger partial charge in [-0.25, -0.2) is 4.79 Å². The minimum Gasteiger partial charge on any atom is -0.494 e. The van der Waals surface area contributed by atoms with E-state index >= 15 is 0 Å². The molecule has 8 nitrogen and oxygen atoms in total. The van der Waals surface area contributed by atoms with Crippen molar-refractivity contribution in [2.45, 2.75) is 44.6 Å². The molecule has 154 valence electrons. The summed E-state index contributed by atoms with van der Waals surface area (Å²) in [5.41, 5.74) is 0.549. The number of aromatic nitrogens is 2. The second kappa shape index (κ2) is 8.36. The summed E-state index contributed by atoms with van der Waals surface area (Å²) in [6.45, 7) is 2.49. The number of hydrogen-bond donors (Lipinski definition) is 2. The third-order valence-corrected chi connectivity index (χ3v) is 5.04. The van der Waals surface area contributed by atoms with Crippen LogP contribution in [0.15, 0.2) is 45.7 Å². The van der Waals surface area contributed by atoms with Crippen LogP contribution in [0, 0.1) is 0 Å². The Morgan fingerprint density at radius 2 is 2.10 bits per heavy atom. The number of rotatable bonds is 7. The fourth-order valence-corrected chi connectivity index (χ4v) is 3.37. The molecule has 0 spiro atoms. The van der Waals surface area contributed by atoms with E-state index in [-0.39, 0.29) is 18.7 Å². The highest BCUT2D eigenvalue weighted by Crippen LogP contribution is 2.30. The van der Waals surface area contributed by atoms with Crippen molar-refractivity contribution in [1.82, 2.24) is 9.55 Å². The predicted molar refractivity (Wildman–Crippen MR) is 106 cm³/mol. The van der Waals surface area contributed by atoms with Gasteiger partial charge in [-0.05, 0) is 36.8 Å². The third kappa shape index (κ3) is 4.05. The quantitative estimate of drug-likeness (QED) is 0.587. The fraction of sp³-hybridized carbons (Fsp3) is 0.429. The number of ether oxygens (including phenoxy) is 2. The number of benzene rings is 1. The van der Waals surface area contributed by atoms with E-state index in [4.69, 9.17) is 13.9 Å². The summed E-state index contributed by atoms with van der Waals surface area (Å²) in [6, 6.07) is 9.36. The summed E-state index contributed by atoms with van der Waals surface area (Å²) in [5.74, 6) is 1.39. The van der Waals surface area contributed by atoms with Crippen molar-refractivity contribution in [2.75, 3.05) is 13.2 Å². The Morgan fingerprint density at radius 3 is 2.79 bits per heavy atom. The number of aliphatic hydroxyl groups excluding tert-OH is 2. The molecule has 3 heterocycles. The number of hydrogen-bond acceptors (Lipinski definition) is 7. The maximum atomic E-state index is 12.4. The molecule has 0 radical (unpaired) electrons. The summed E-state index contributed by atoms with van der Waals surface area (Å²) in [5, 5.41) is 19.8. The zero-order valence-corrected chi connectivity index (χ0v) is 16.2. The maximum absolute atomic E-state index is 12.4. The maximum Gasteiger partial charge on any atom is 0.353 e. The van der Waals surface area contributed by atoms with Crippen LogP contribution in [0.2, 0.25) is 0 Å². The van der Waals surface area contributed by atoms with Gasteiger partial charge in [0, 0.05) is 18.2 Å². The van der Waals surface area contributed by atoms with Crippen molar-refractivity contribution in [2.24, 2.45) is 0 Å². The SMILES string of the molecule is CCCCOc1ccc(-c2cc3cn([C@H]4C[C@H](O)[C@@H](CO)O4)c(=O)nc3o2)cc1. The van der Waals surface area contributed by atoms with Crippen LogP contribution in [0.3, 0.4) is 0 Å². The number of unbranched alkanes of at least 4 members (excludes halogenated alkanes) is 1. The van der Waals surface area contributed by atoms with E-state index in [2.05, 4.69) is 11.9 Å². The largest absolute Gasteiger partial charge is 0.494 e. The lowest BCUT2D eigenvalue weighted by atomic mass is 10.1. The summed E-state index contributed by atoms with van der Waals surface area (Å²) < 4.78 is 18.3. The average molecular weight is 400 g/mol. The van der Waals surface area contributed by atoms with E-state index in [9.17, 15) is 15.0 Å². The van der Waals surface area contributed by atoms with Gasteiger partial charge in [0.15, 0.2) is 0 Å². The van der Waals surface area contributed by atoms with Gasteiger partial charge in [-0.1, -0.05) is 13.3 Å². The normalized spacial score (nSPS) is 21.7. The molecular weight excluding hydrogens is 376 g/mol. The van der Waals surface area contributed by atoms with Gasteiger partial charge in [0.05, 0.1) is 24.7 Å². The number of furan rings is 1. The molecule has 0 aliphatic carbocycles. The van der Waals surface area contributed by atoms with Gasteiger partial charge in [-0.2, -0.15) is 4.98 Å². The molecule has 0 unspecified atom stereocenters. The molecule has 2 N–H and O–H groups in total. The molecule has 1 fully saturated rings. The zero-order chi connectivity index (χ0) is 20.4. The van der Waals surface area contributed by atoms with E-state index in [1.165, 1.54) is 4.57 Å². The Bertz CT molecular complexity index is 1030. The molecule has 3 atom stereocenters. The molecule has 1 aromatic carbocycles. The van der Waals surface area contributed by atoms with Crippen LogP contribution in [0.25, 0.3) is 22.4 Å². The van der Waals surface area contributed by atoms with Crippen molar-refractivity contribution >= 4 is 11.1 Å². The van der Waals surface area contributed by atoms with Crippen molar-refractivity contribution in [1.29, 1.82) is 0 Å². The Labute approximate surface area is 167 Å². The Morgan fingerprint density at radius 1 is 1.31 bits per heavy atom. The lowest BCUT2D eigenvalue weighted by molar-refractivity contribution is -0.0457. The topological polar surface area (TPSA) is 107 Å². The van der Waals surface area contributed by atoms with Gasteiger partial charge in [0.2, 0.25) is 5.71 Å². The molecule has 1 aliphatic heterocycles. The highest BCUT2D eigenvalue weighted by atomic mass is 16.5. The first kappa shape index (κ1) is 19.6. The van der Waals surface area contributed by atoms with Crippen LogP contribution >= 0.6 is 0 Å². The minimum atomic E-state index is -0.828. The Kier molecular flexibility index (Phi) is 5.66. The van der Waals surface area contributed by atoms with E-state index in [0.29, 0.717) is 17.8 Å². The number of fused-ring (bicyclic) bond motifs is 1. The molecule has 2 aromatic heterocycles. The monoisotopic (exact) mass is 400 g/mol. The van der Waals surface area contributed by atoms with Gasteiger partial charge < -0.3 is 24.1 Å². The fourth-order valence-electron chi connectivity index (χ4n) is 3.37. The van der Waals surface area contributed by atoms with E-state index in [1.807, 2.05) is 24.3 Å². The van der Waals surface area contributed by atoms with Crippen molar-refractivity contribution in [3.05, 3.63) is 47.0 Å². The predicted octanol–water partition coefficient (Wildman–Crippen LogP) is 2.48. The summed E-state index contributed by atoms with van der Waals surface area (Å²) >= 11 is 0. The van der Waals surface area contributed by atoms with Crippen LogP contribution in [0.4, 0.5) is 0 Å². The molecule has 3 aromatic rings. The van der Waals surface area contributed by atoms with Crippen molar-refractivity contribution in [3.63, 3.8) is 0 Å². The van der Waals surface area contributed by atoms with Gasteiger partial charge >= 0.3 is 5.69 Å². The molecule has 0 bridgehead atoms. The van der Waals surface area contributed by atoms with Crippen LogP contribution in [0.5, 0.6) is 5.75 Å². The standard InChI is InChI=1S/C21H24N2O6/c1-2-3-8-27-15-6-4-13(5-7-15)17-9-14-11-23(21(26)22-20(14)29-17)19-10-16(25)18(12-24)28-19/h4-7,9,11,16,18-19,24-25H,2-3,8,10,12H2,1H3/t16-,18+,19+/m0/s1. The van der Waals surface area contributed by atoms with E-state index in [1.54, 1.807) is 12.3 Å². The molecule has 8 heteroatoms. The smallest absolute Gasteiger partial charge is 0.353 e. The van der Waals surface area contributed by atoms with Crippen molar-refractivity contribution < 1.29 is 24.1 Å². The second-order valence-corrected chi connectivity index (χ2v) is 7.14. The molecule has 1 saturated heterocycles. The van der Waals surface area contributed by atoms with Crippen LogP contribution in [-0.4, -0.2) is 45.2 Å². The Hall–Kier alpha value is -2.68. The first-order valence-electron chi connectivity index (χ1n) is 9.79. The molecule has 0 saturated carbocycles.